The fourth-order valence-corrected chi connectivity index (χ4v) is 4.93. The van der Waals surface area contributed by atoms with Crippen molar-refractivity contribution in [2.24, 2.45) is 11.8 Å². The predicted molar refractivity (Wildman–Crippen MR) is 74.5 cm³/mol. The largest absolute Gasteiger partial charge is 0.388 e. The summed E-state index contributed by atoms with van der Waals surface area (Å²) in [5.41, 5.74) is -0.378. The lowest BCUT2D eigenvalue weighted by Crippen LogP contribution is -2.56. The molecular weight excluding hydrogens is 222 g/mol. The van der Waals surface area contributed by atoms with E-state index in [1.165, 1.54) is 64.2 Å². The first kappa shape index (κ1) is 12.9. The van der Waals surface area contributed by atoms with E-state index in [1.807, 2.05) is 0 Å². The molecule has 2 heteroatoms. The second-order valence-electron chi connectivity index (χ2n) is 6.89. The average molecular weight is 251 g/mol. The van der Waals surface area contributed by atoms with Gasteiger partial charge in [-0.05, 0) is 44.1 Å². The molecule has 1 saturated heterocycles. The quantitative estimate of drug-likeness (QED) is 0.789. The van der Waals surface area contributed by atoms with Crippen molar-refractivity contribution in [1.82, 2.24) is 5.32 Å². The van der Waals surface area contributed by atoms with Gasteiger partial charge < -0.3 is 10.4 Å². The van der Waals surface area contributed by atoms with E-state index in [0.29, 0.717) is 12.0 Å². The lowest BCUT2D eigenvalue weighted by atomic mass is 9.63. The second kappa shape index (κ2) is 5.50. The minimum atomic E-state index is -0.378. The Labute approximate surface area is 112 Å². The van der Waals surface area contributed by atoms with Gasteiger partial charge in [-0.3, -0.25) is 0 Å². The number of aliphatic hydroxyl groups is 1. The minimum Gasteiger partial charge on any atom is -0.388 e. The topological polar surface area (TPSA) is 32.3 Å². The number of rotatable bonds is 2. The van der Waals surface area contributed by atoms with Crippen LogP contribution in [0.3, 0.4) is 0 Å². The third kappa shape index (κ3) is 2.34. The summed E-state index contributed by atoms with van der Waals surface area (Å²) in [6, 6.07) is 0.393. The Morgan fingerprint density at radius 1 is 0.833 bits per heavy atom. The van der Waals surface area contributed by atoms with E-state index < -0.39 is 0 Å². The molecule has 3 rings (SSSR count). The molecule has 3 aliphatic rings. The molecule has 3 atom stereocenters. The zero-order valence-corrected chi connectivity index (χ0v) is 11.7. The molecule has 1 aliphatic heterocycles. The Hall–Kier alpha value is -0.0800. The zero-order chi connectivity index (χ0) is 12.4. The van der Waals surface area contributed by atoms with Crippen molar-refractivity contribution in [3.05, 3.63) is 0 Å². The molecule has 3 fully saturated rings. The fourth-order valence-electron chi connectivity index (χ4n) is 4.93. The van der Waals surface area contributed by atoms with Gasteiger partial charge in [-0.15, -0.1) is 0 Å². The molecule has 0 radical (unpaired) electrons. The van der Waals surface area contributed by atoms with Gasteiger partial charge in [0, 0.05) is 6.04 Å². The smallest absolute Gasteiger partial charge is 0.0830 e. The van der Waals surface area contributed by atoms with Crippen LogP contribution < -0.4 is 5.32 Å². The van der Waals surface area contributed by atoms with Crippen LogP contribution in [0.25, 0.3) is 0 Å². The van der Waals surface area contributed by atoms with Crippen molar-refractivity contribution in [2.45, 2.75) is 82.3 Å². The molecule has 2 N–H and O–H groups in total. The minimum absolute atomic E-state index is 0.378. The van der Waals surface area contributed by atoms with Crippen LogP contribution in [0.2, 0.25) is 0 Å². The predicted octanol–water partition coefficient (Wildman–Crippen LogP) is 3.24. The number of hydrogen-bond acceptors (Lipinski definition) is 2. The van der Waals surface area contributed by atoms with E-state index in [4.69, 9.17) is 0 Å². The average Bonchev–Trinajstić information content (AvgIpc) is 2.95. The van der Waals surface area contributed by atoms with Gasteiger partial charge in [0.15, 0.2) is 0 Å². The van der Waals surface area contributed by atoms with Crippen LogP contribution in [0, 0.1) is 11.8 Å². The van der Waals surface area contributed by atoms with Gasteiger partial charge in [-0.1, -0.05) is 44.9 Å². The molecule has 2 nitrogen and oxygen atoms in total. The standard InChI is InChI=1S/C16H29NO/c18-16(15-10-6-12-17-15)11-5-4-9-14(16)13-7-2-1-3-8-13/h13-15,17-18H,1-12H2. The van der Waals surface area contributed by atoms with Crippen molar-refractivity contribution in [2.75, 3.05) is 6.54 Å². The van der Waals surface area contributed by atoms with Crippen LogP contribution in [-0.4, -0.2) is 23.3 Å². The van der Waals surface area contributed by atoms with Gasteiger partial charge in [0.25, 0.3) is 0 Å². The monoisotopic (exact) mass is 251 g/mol. The Balaban J connectivity index is 1.75. The molecule has 104 valence electrons. The Bertz CT molecular complexity index is 268. The highest BCUT2D eigenvalue weighted by molar-refractivity contribution is 5.03. The van der Waals surface area contributed by atoms with Gasteiger partial charge in [0.2, 0.25) is 0 Å². The summed E-state index contributed by atoms with van der Waals surface area (Å²) in [5.74, 6) is 1.40. The van der Waals surface area contributed by atoms with Crippen molar-refractivity contribution in [3.8, 4) is 0 Å². The third-order valence-electron chi connectivity index (χ3n) is 5.87. The van der Waals surface area contributed by atoms with Crippen LogP contribution >= 0.6 is 0 Å². The zero-order valence-electron chi connectivity index (χ0n) is 11.7. The van der Waals surface area contributed by atoms with E-state index in [0.717, 1.165) is 18.9 Å². The maximum Gasteiger partial charge on any atom is 0.0830 e. The molecule has 0 aromatic heterocycles. The summed E-state index contributed by atoms with van der Waals surface area (Å²) in [5, 5.41) is 14.9. The van der Waals surface area contributed by atoms with Gasteiger partial charge in [0.05, 0.1) is 5.60 Å². The molecule has 0 amide bonds. The normalized spacial score (nSPS) is 43.2. The third-order valence-corrected chi connectivity index (χ3v) is 5.87. The molecule has 0 spiro atoms. The van der Waals surface area contributed by atoms with Crippen molar-refractivity contribution >= 4 is 0 Å². The van der Waals surface area contributed by atoms with Crippen molar-refractivity contribution in [1.29, 1.82) is 0 Å². The first-order valence-electron chi connectivity index (χ1n) is 8.26. The highest BCUT2D eigenvalue weighted by Crippen LogP contribution is 2.46. The summed E-state index contributed by atoms with van der Waals surface area (Å²) in [6.07, 6.45) is 14.3. The lowest BCUT2D eigenvalue weighted by molar-refractivity contribution is -0.0986. The maximum atomic E-state index is 11.3. The summed E-state index contributed by atoms with van der Waals surface area (Å²) >= 11 is 0. The maximum absolute atomic E-state index is 11.3. The first-order valence-corrected chi connectivity index (χ1v) is 8.26. The lowest BCUT2D eigenvalue weighted by Gasteiger charge is -2.48. The van der Waals surface area contributed by atoms with Gasteiger partial charge in [-0.2, -0.15) is 0 Å². The molecule has 0 bridgehead atoms. The molecule has 18 heavy (non-hydrogen) atoms. The first-order chi connectivity index (χ1) is 8.81. The van der Waals surface area contributed by atoms with E-state index in [1.54, 1.807) is 0 Å². The molecule has 0 aromatic carbocycles. The highest BCUT2D eigenvalue weighted by atomic mass is 16.3. The van der Waals surface area contributed by atoms with Crippen LogP contribution in [0.15, 0.2) is 0 Å². The van der Waals surface area contributed by atoms with Crippen LogP contribution in [0.5, 0.6) is 0 Å². The van der Waals surface area contributed by atoms with Crippen molar-refractivity contribution < 1.29 is 5.11 Å². The Kier molecular flexibility index (Phi) is 3.95. The van der Waals surface area contributed by atoms with E-state index in [2.05, 4.69) is 5.32 Å². The van der Waals surface area contributed by atoms with Crippen LogP contribution in [0.1, 0.15) is 70.6 Å². The summed E-state index contributed by atoms with van der Waals surface area (Å²) in [4.78, 5) is 0. The van der Waals surface area contributed by atoms with Gasteiger partial charge in [-0.25, -0.2) is 0 Å². The molecule has 0 aromatic rings. The van der Waals surface area contributed by atoms with Gasteiger partial charge in [0.1, 0.15) is 0 Å². The van der Waals surface area contributed by atoms with E-state index >= 15 is 0 Å². The second-order valence-corrected chi connectivity index (χ2v) is 6.89. The highest BCUT2D eigenvalue weighted by Gasteiger charge is 2.48. The fraction of sp³-hybridized carbons (Fsp3) is 1.00. The van der Waals surface area contributed by atoms with E-state index in [9.17, 15) is 5.11 Å². The number of hydrogen-bond donors (Lipinski definition) is 2. The van der Waals surface area contributed by atoms with Crippen LogP contribution in [-0.2, 0) is 0 Å². The van der Waals surface area contributed by atoms with Crippen molar-refractivity contribution in [3.63, 3.8) is 0 Å². The summed E-state index contributed by atoms with van der Waals surface area (Å²) in [6.45, 7) is 1.12. The molecule has 2 saturated carbocycles. The molecule has 2 aliphatic carbocycles. The molecule has 1 heterocycles. The Morgan fingerprint density at radius 2 is 1.61 bits per heavy atom. The SMILES string of the molecule is OC1(C2CCCN2)CCCCC1C1CCCCC1. The van der Waals surface area contributed by atoms with Gasteiger partial charge >= 0.3 is 0 Å². The van der Waals surface area contributed by atoms with Crippen LogP contribution in [0.4, 0.5) is 0 Å². The molecular formula is C16H29NO. The summed E-state index contributed by atoms with van der Waals surface area (Å²) < 4.78 is 0. The molecule has 3 unspecified atom stereocenters. The number of nitrogens with one attached hydrogen (secondary N) is 1. The van der Waals surface area contributed by atoms with E-state index in [-0.39, 0.29) is 5.60 Å². The summed E-state index contributed by atoms with van der Waals surface area (Å²) in [7, 11) is 0. The Morgan fingerprint density at radius 3 is 2.33 bits per heavy atom.